The zero-order valence-corrected chi connectivity index (χ0v) is 17.0. The van der Waals surface area contributed by atoms with Crippen LogP contribution in [0.25, 0.3) is 0 Å². The van der Waals surface area contributed by atoms with Gasteiger partial charge < -0.3 is 19.9 Å². The molecule has 1 amide bonds. The Hall–Kier alpha value is -3.04. The first-order valence-corrected chi connectivity index (χ1v) is 9.63. The molecule has 1 atom stereocenters. The molecule has 2 aromatic rings. The number of carbonyl (C=O) groups is 1. The third-order valence-corrected chi connectivity index (χ3v) is 5.70. The molecule has 1 aliphatic heterocycles. The van der Waals surface area contributed by atoms with Crippen molar-refractivity contribution in [3.63, 3.8) is 0 Å². The lowest BCUT2D eigenvalue weighted by Gasteiger charge is -2.38. The fourth-order valence-electron chi connectivity index (χ4n) is 3.74. The first-order valence-electron chi connectivity index (χ1n) is 9.63. The van der Waals surface area contributed by atoms with Gasteiger partial charge in [-0.2, -0.15) is 9.37 Å². The Labute approximate surface area is 171 Å². The van der Waals surface area contributed by atoms with Gasteiger partial charge in [0.15, 0.2) is 23.2 Å². The van der Waals surface area contributed by atoms with Crippen LogP contribution in [0.3, 0.4) is 0 Å². The molecule has 0 saturated heterocycles. The molecule has 7 nitrogen and oxygen atoms in total. The van der Waals surface area contributed by atoms with Crippen molar-refractivity contribution in [2.75, 3.05) is 29.2 Å². The van der Waals surface area contributed by atoms with Crippen molar-refractivity contribution >= 4 is 23.4 Å². The first kappa shape index (κ1) is 20.2. The maximum Gasteiger partial charge on any atom is 0.249 e. The quantitative estimate of drug-likeness (QED) is 0.766. The molecule has 1 N–H and O–H groups in total. The molecule has 1 saturated carbocycles. The third kappa shape index (κ3) is 3.29. The second-order valence-electron chi connectivity index (χ2n) is 7.71. The molecule has 2 aliphatic rings. The van der Waals surface area contributed by atoms with E-state index in [2.05, 4.69) is 15.3 Å². The number of ether oxygens (including phenoxy) is 1. The number of likely N-dealkylation sites (N-methyl/N-ethyl adjacent to an activating group) is 2. The fourth-order valence-corrected chi connectivity index (χ4v) is 3.74. The Morgan fingerprint density at radius 3 is 2.53 bits per heavy atom. The molecular formula is C20H22F3N5O2. The summed E-state index contributed by atoms with van der Waals surface area (Å²) in [6.45, 7) is 3.63. The molecule has 0 unspecified atom stereocenters. The number of fused-ring (bicyclic) bond motifs is 1. The van der Waals surface area contributed by atoms with Crippen molar-refractivity contribution in [3.8, 4) is 5.75 Å². The molecule has 10 heteroatoms. The molecule has 2 heterocycles. The highest BCUT2D eigenvalue weighted by Gasteiger charge is 2.36. The first-order chi connectivity index (χ1) is 14.2. The second-order valence-corrected chi connectivity index (χ2v) is 7.71. The van der Waals surface area contributed by atoms with Gasteiger partial charge in [-0.1, -0.05) is 0 Å². The summed E-state index contributed by atoms with van der Waals surface area (Å²) in [6, 6.07) is 1.58. The molecule has 1 aromatic carbocycles. The predicted octanol–water partition coefficient (Wildman–Crippen LogP) is 3.03. The van der Waals surface area contributed by atoms with Gasteiger partial charge in [-0.3, -0.25) is 4.79 Å². The number of hydrogen-bond acceptors (Lipinski definition) is 6. The van der Waals surface area contributed by atoms with E-state index in [1.807, 2.05) is 25.8 Å². The SMILES string of the molecule is Cc1nc(NC2CC(Oc3ccc(F)c(F)c3F)C2)nc2c1N(C)C(=O)[C@H](C)N2C. The summed E-state index contributed by atoms with van der Waals surface area (Å²) in [7, 11) is 3.52. The number of hydrogen-bond donors (Lipinski definition) is 1. The van der Waals surface area contributed by atoms with Gasteiger partial charge in [-0.15, -0.1) is 0 Å². The number of nitrogens with one attached hydrogen (secondary N) is 1. The molecule has 1 aliphatic carbocycles. The standard InChI is InChI=1S/C20H22F3N5O2/c1-9-17-18(27(3)10(2)19(29)28(17)4)26-20(24-9)25-11-7-12(8-11)30-14-6-5-13(21)15(22)16(14)23/h5-6,10-12H,7-8H2,1-4H3,(H,24,25,26)/t10-,11?,12?/m0/s1. The third-order valence-electron chi connectivity index (χ3n) is 5.70. The smallest absolute Gasteiger partial charge is 0.249 e. The summed E-state index contributed by atoms with van der Waals surface area (Å²) in [5.74, 6) is -3.36. The molecule has 160 valence electrons. The van der Waals surface area contributed by atoms with Crippen LogP contribution in [-0.2, 0) is 4.79 Å². The Morgan fingerprint density at radius 2 is 1.83 bits per heavy atom. The molecule has 4 rings (SSSR count). The van der Waals surface area contributed by atoms with Crippen LogP contribution in [0.15, 0.2) is 12.1 Å². The van der Waals surface area contributed by atoms with E-state index in [1.54, 1.807) is 11.9 Å². The van der Waals surface area contributed by atoms with E-state index < -0.39 is 17.5 Å². The highest BCUT2D eigenvalue weighted by atomic mass is 19.2. The lowest BCUT2D eigenvalue weighted by Crippen LogP contribution is -2.50. The second kappa shape index (κ2) is 7.33. The summed E-state index contributed by atoms with van der Waals surface area (Å²) in [5, 5.41) is 3.22. The lowest BCUT2D eigenvalue weighted by molar-refractivity contribution is -0.119. The van der Waals surface area contributed by atoms with Crippen LogP contribution in [0, 0.1) is 24.4 Å². The summed E-state index contributed by atoms with van der Waals surface area (Å²) in [4.78, 5) is 24.8. The number of anilines is 3. The number of aromatic nitrogens is 2. The van der Waals surface area contributed by atoms with Crippen molar-refractivity contribution < 1.29 is 22.7 Å². The van der Waals surface area contributed by atoms with Crippen molar-refractivity contribution in [3.05, 3.63) is 35.3 Å². The summed E-state index contributed by atoms with van der Waals surface area (Å²) in [6.07, 6.45) is 0.734. The van der Waals surface area contributed by atoms with Gasteiger partial charge in [-0.05, 0) is 26.0 Å². The highest BCUT2D eigenvalue weighted by molar-refractivity contribution is 6.04. The van der Waals surface area contributed by atoms with Gasteiger partial charge in [0.1, 0.15) is 17.8 Å². The monoisotopic (exact) mass is 421 g/mol. The minimum absolute atomic E-state index is 0.00788. The number of aryl methyl sites for hydroxylation is 1. The fraction of sp³-hybridized carbons (Fsp3) is 0.450. The minimum Gasteiger partial charge on any atom is -0.487 e. The maximum atomic E-state index is 13.8. The Morgan fingerprint density at radius 1 is 1.13 bits per heavy atom. The van der Waals surface area contributed by atoms with Crippen LogP contribution in [-0.4, -0.2) is 48.2 Å². The topological polar surface area (TPSA) is 70.6 Å². The number of benzene rings is 1. The largest absolute Gasteiger partial charge is 0.487 e. The molecule has 1 fully saturated rings. The van der Waals surface area contributed by atoms with Crippen molar-refractivity contribution in [1.82, 2.24) is 9.97 Å². The summed E-state index contributed by atoms with van der Waals surface area (Å²) >= 11 is 0. The molecule has 0 bridgehead atoms. The van der Waals surface area contributed by atoms with E-state index in [-0.39, 0.29) is 29.8 Å². The van der Waals surface area contributed by atoms with Crippen LogP contribution < -0.4 is 19.9 Å². The highest BCUT2D eigenvalue weighted by Crippen LogP contribution is 2.36. The normalized spacial score (nSPS) is 23.2. The number of nitrogens with zero attached hydrogens (tertiary/aromatic N) is 4. The summed E-state index contributed by atoms with van der Waals surface area (Å²) in [5.41, 5.74) is 1.35. The van der Waals surface area contributed by atoms with E-state index in [0.717, 1.165) is 12.1 Å². The molecular weight excluding hydrogens is 399 g/mol. The van der Waals surface area contributed by atoms with E-state index >= 15 is 0 Å². The minimum atomic E-state index is -1.54. The number of carbonyl (C=O) groups excluding carboxylic acids is 1. The summed E-state index contributed by atoms with van der Waals surface area (Å²) < 4.78 is 45.5. The van der Waals surface area contributed by atoms with Gasteiger partial charge >= 0.3 is 0 Å². The Kier molecular flexibility index (Phi) is 4.95. The van der Waals surface area contributed by atoms with Gasteiger partial charge in [0.25, 0.3) is 0 Å². The Balaban J connectivity index is 1.43. The number of halogens is 3. The maximum absolute atomic E-state index is 13.8. The zero-order valence-electron chi connectivity index (χ0n) is 17.0. The molecule has 1 aromatic heterocycles. The predicted molar refractivity (Wildman–Crippen MR) is 105 cm³/mol. The van der Waals surface area contributed by atoms with E-state index in [1.165, 1.54) is 0 Å². The number of rotatable bonds is 4. The van der Waals surface area contributed by atoms with Crippen molar-refractivity contribution in [1.29, 1.82) is 0 Å². The van der Waals surface area contributed by atoms with E-state index in [9.17, 15) is 18.0 Å². The van der Waals surface area contributed by atoms with Gasteiger partial charge in [0.2, 0.25) is 17.7 Å². The van der Waals surface area contributed by atoms with Gasteiger partial charge in [0, 0.05) is 33.0 Å². The van der Waals surface area contributed by atoms with Crippen LogP contribution in [0.2, 0.25) is 0 Å². The van der Waals surface area contributed by atoms with Gasteiger partial charge in [0.05, 0.1) is 5.69 Å². The molecule has 30 heavy (non-hydrogen) atoms. The van der Waals surface area contributed by atoms with Crippen LogP contribution >= 0.6 is 0 Å². The van der Waals surface area contributed by atoms with Crippen LogP contribution in [0.1, 0.15) is 25.5 Å². The zero-order chi connectivity index (χ0) is 21.7. The van der Waals surface area contributed by atoms with Crippen LogP contribution in [0.5, 0.6) is 5.75 Å². The van der Waals surface area contributed by atoms with E-state index in [4.69, 9.17) is 4.74 Å². The number of amides is 1. The van der Waals surface area contributed by atoms with Gasteiger partial charge in [-0.25, -0.2) is 13.8 Å². The average molecular weight is 421 g/mol. The Bertz CT molecular complexity index is 1010. The van der Waals surface area contributed by atoms with Crippen LogP contribution in [0.4, 0.5) is 30.6 Å². The molecule has 0 radical (unpaired) electrons. The van der Waals surface area contributed by atoms with E-state index in [0.29, 0.717) is 36.0 Å². The molecule has 0 spiro atoms. The average Bonchev–Trinajstić information content (AvgIpc) is 2.68. The van der Waals surface area contributed by atoms with Crippen molar-refractivity contribution in [2.24, 2.45) is 0 Å². The lowest BCUT2D eigenvalue weighted by atomic mass is 9.89. The van der Waals surface area contributed by atoms with Crippen molar-refractivity contribution in [2.45, 2.75) is 44.9 Å².